The Morgan fingerprint density at radius 2 is 1.89 bits per heavy atom. The van der Waals surface area contributed by atoms with Gasteiger partial charge in [-0.05, 0) is 81.6 Å². The van der Waals surface area contributed by atoms with Crippen LogP contribution in [-0.2, 0) is 12.8 Å². The predicted molar refractivity (Wildman–Crippen MR) is 122 cm³/mol. The second kappa shape index (κ2) is 9.80. The van der Waals surface area contributed by atoms with E-state index in [4.69, 9.17) is 0 Å². The van der Waals surface area contributed by atoms with Gasteiger partial charge in [0.2, 0.25) is 0 Å². The largest absolute Gasteiger partial charge is 0.303 e. The highest BCUT2D eigenvalue weighted by Crippen LogP contribution is 2.32. The number of likely N-dealkylation sites (tertiary alicyclic amines) is 1. The van der Waals surface area contributed by atoms with Crippen molar-refractivity contribution in [3.05, 3.63) is 76.9 Å². The molecule has 2 aromatic carbocycles. The lowest BCUT2D eigenvalue weighted by atomic mass is 9.90. The van der Waals surface area contributed by atoms with E-state index in [1.54, 1.807) is 5.57 Å². The van der Waals surface area contributed by atoms with Crippen LogP contribution in [0.5, 0.6) is 0 Å². The lowest BCUT2D eigenvalue weighted by Gasteiger charge is -2.31. The maximum absolute atomic E-state index is 2.68. The van der Waals surface area contributed by atoms with Gasteiger partial charge in [0.25, 0.3) is 0 Å². The van der Waals surface area contributed by atoms with Gasteiger partial charge in [0, 0.05) is 17.2 Å². The van der Waals surface area contributed by atoms with E-state index < -0.39 is 0 Å². The van der Waals surface area contributed by atoms with Gasteiger partial charge >= 0.3 is 0 Å². The van der Waals surface area contributed by atoms with Gasteiger partial charge in [0.1, 0.15) is 0 Å². The molecule has 0 atom stereocenters. The van der Waals surface area contributed by atoms with Gasteiger partial charge in [0.05, 0.1) is 0 Å². The van der Waals surface area contributed by atoms with E-state index >= 15 is 0 Å². The summed E-state index contributed by atoms with van der Waals surface area (Å²) in [4.78, 5) is 4.18. The van der Waals surface area contributed by atoms with Crippen LogP contribution in [0, 0.1) is 12.8 Å². The van der Waals surface area contributed by atoms with Crippen molar-refractivity contribution in [3.8, 4) is 0 Å². The second-order valence-corrected chi connectivity index (χ2v) is 9.65. The molecule has 148 valence electrons. The Balaban J connectivity index is 1.23. The SMILES string of the molecule is Cc1ccc2c(c1)CC(=CCCN1CCC(Cc3ccccc3)CC1)CCS2. The van der Waals surface area contributed by atoms with Crippen LogP contribution >= 0.6 is 11.8 Å². The lowest BCUT2D eigenvalue weighted by molar-refractivity contribution is 0.187. The van der Waals surface area contributed by atoms with E-state index in [1.807, 2.05) is 11.8 Å². The molecule has 0 aliphatic carbocycles. The molecule has 0 unspecified atom stereocenters. The minimum absolute atomic E-state index is 0.871. The van der Waals surface area contributed by atoms with Gasteiger partial charge in [-0.15, -0.1) is 11.8 Å². The topological polar surface area (TPSA) is 3.24 Å². The van der Waals surface area contributed by atoms with Crippen LogP contribution < -0.4 is 0 Å². The third-order valence-electron chi connectivity index (χ3n) is 6.27. The molecular formula is C26H33NS. The van der Waals surface area contributed by atoms with Crippen molar-refractivity contribution in [3.63, 3.8) is 0 Å². The minimum atomic E-state index is 0.871. The number of aryl methyl sites for hydroxylation is 1. The summed E-state index contributed by atoms with van der Waals surface area (Å²) in [6, 6.07) is 18.0. The molecule has 2 heteroatoms. The zero-order valence-corrected chi connectivity index (χ0v) is 18.0. The van der Waals surface area contributed by atoms with Crippen LogP contribution in [0.2, 0.25) is 0 Å². The van der Waals surface area contributed by atoms with Crippen molar-refractivity contribution in [2.75, 3.05) is 25.4 Å². The molecule has 0 spiro atoms. The Kier molecular flexibility index (Phi) is 6.93. The highest BCUT2D eigenvalue weighted by Gasteiger charge is 2.19. The van der Waals surface area contributed by atoms with E-state index in [0.717, 1.165) is 12.3 Å². The van der Waals surface area contributed by atoms with Gasteiger partial charge in [-0.3, -0.25) is 0 Å². The van der Waals surface area contributed by atoms with Crippen molar-refractivity contribution in [1.82, 2.24) is 4.90 Å². The first-order valence-electron chi connectivity index (χ1n) is 10.9. The number of hydrogen-bond acceptors (Lipinski definition) is 2. The van der Waals surface area contributed by atoms with E-state index in [-0.39, 0.29) is 0 Å². The summed E-state index contributed by atoms with van der Waals surface area (Å²) < 4.78 is 0. The molecule has 1 saturated heterocycles. The molecule has 28 heavy (non-hydrogen) atoms. The molecule has 2 aromatic rings. The molecule has 0 bridgehead atoms. The first-order chi connectivity index (χ1) is 13.8. The fourth-order valence-electron chi connectivity index (χ4n) is 4.60. The van der Waals surface area contributed by atoms with Crippen LogP contribution in [-0.4, -0.2) is 30.3 Å². The van der Waals surface area contributed by atoms with Crippen molar-refractivity contribution in [1.29, 1.82) is 0 Å². The summed E-state index contributed by atoms with van der Waals surface area (Å²) in [6.07, 6.45) is 10.1. The van der Waals surface area contributed by atoms with Crippen LogP contribution in [0.15, 0.2) is 65.1 Å². The standard InChI is InChI=1S/C26H33NS/c1-21-9-10-26-25(18-21)20-23(13-17-28-26)8-5-14-27-15-11-24(12-16-27)19-22-6-3-2-4-7-22/h2-4,6-10,18,24H,5,11-17,19-20H2,1H3. The normalized spacial score (nSPS) is 20.1. The lowest BCUT2D eigenvalue weighted by Crippen LogP contribution is -2.34. The third-order valence-corrected chi connectivity index (χ3v) is 7.38. The van der Waals surface area contributed by atoms with Gasteiger partial charge in [-0.1, -0.05) is 59.7 Å². The molecule has 0 aromatic heterocycles. The fraction of sp³-hybridized carbons (Fsp3) is 0.462. The Labute approximate surface area is 175 Å². The summed E-state index contributed by atoms with van der Waals surface area (Å²) in [5, 5.41) is 0. The molecule has 0 saturated carbocycles. The fourth-order valence-corrected chi connectivity index (χ4v) is 5.66. The number of thioether (sulfide) groups is 1. The molecule has 4 rings (SSSR count). The zero-order valence-electron chi connectivity index (χ0n) is 17.2. The summed E-state index contributed by atoms with van der Waals surface area (Å²) in [6.45, 7) is 5.99. The summed E-state index contributed by atoms with van der Waals surface area (Å²) >= 11 is 2.03. The quantitative estimate of drug-likeness (QED) is 0.550. The van der Waals surface area contributed by atoms with Crippen molar-refractivity contribution >= 4 is 11.8 Å². The maximum Gasteiger partial charge on any atom is 0.0108 e. The number of piperidine rings is 1. The molecule has 0 radical (unpaired) electrons. The molecule has 0 N–H and O–H groups in total. The first-order valence-corrected chi connectivity index (χ1v) is 11.9. The first kappa shape index (κ1) is 19.8. The summed E-state index contributed by atoms with van der Waals surface area (Å²) in [5.41, 5.74) is 6.08. The number of rotatable bonds is 5. The second-order valence-electron chi connectivity index (χ2n) is 8.51. The number of allylic oxidation sites excluding steroid dienone is 1. The molecule has 1 nitrogen and oxygen atoms in total. The Hall–Kier alpha value is -1.51. The minimum Gasteiger partial charge on any atom is -0.303 e. The van der Waals surface area contributed by atoms with Crippen LogP contribution in [0.4, 0.5) is 0 Å². The molecular weight excluding hydrogens is 358 g/mol. The van der Waals surface area contributed by atoms with Gasteiger partial charge < -0.3 is 4.90 Å². The number of benzene rings is 2. The third kappa shape index (κ3) is 5.52. The van der Waals surface area contributed by atoms with Crippen molar-refractivity contribution in [2.24, 2.45) is 5.92 Å². The van der Waals surface area contributed by atoms with Gasteiger partial charge in [0.15, 0.2) is 0 Å². The zero-order chi connectivity index (χ0) is 19.2. The number of fused-ring (bicyclic) bond motifs is 1. The summed E-state index contributed by atoms with van der Waals surface area (Å²) in [7, 11) is 0. The van der Waals surface area contributed by atoms with Crippen LogP contribution in [0.25, 0.3) is 0 Å². The van der Waals surface area contributed by atoms with Crippen molar-refractivity contribution < 1.29 is 0 Å². The molecule has 2 aliphatic rings. The van der Waals surface area contributed by atoms with Crippen molar-refractivity contribution in [2.45, 2.75) is 50.3 Å². The highest BCUT2D eigenvalue weighted by molar-refractivity contribution is 7.99. The Morgan fingerprint density at radius 3 is 2.71 bits per heavy atom. The molecule has 2 heterocycles. The predicted octanol–water partition coefficient (Wildman–Crippen LogP) is 6.30. The monoisotopic (exact) mass is 391 g/mol. The van der Waals surface area contributed by atoms with E-state index in [0.29, 0.717) is 0 Å². The Bertz CT molecular complexity index is 787. The molecule has 1 fully saturated rings. The molecule has 2 aliphatic heterocycles. The van der Waals surface area contributed by atoms with E-state index in [1.165, 1.54) is 79.1 Å². The smallest absolute Gasteiger partial charge is 0.0108 e. The highest BCUT2D eigenvalue weighted by atomic mass is 32.2. The van der Waals surface area contributed by atoms with Crippen LogP contribution in [0.1, 0.15) is 42.4 Å². The Morgan fingerprint density at radius 1 is 1.07 bits per heavy atom. The van der Waals surface area contributed by atoms with Gasteiger partial charge in [-0.25, -0.2) is 0 Å². The number of nitrogens with zero attached hydrogens (tertiary/aromatic N) is 1. The maximum atomic E-state index is 2.68. The van der Waals surface area contributed by atoms with E-state index in [2.05, 4.69) is 66.4 Å². The summed E-state index contributed by atoms with van der Waals surface area (Å²) in [5.74, 6) is 2.10. The molecule has 0 amide bonds. The van der Waals surface area contributed by atoms with E-state index in [9.17, 15) is 0 Å². The van der Waals surface area contributed by atoms with Gasteiger partial charge in [-0.2, -0.15) is 0 Å². The average Bonchev–Trinajstić information content (AvgIpc) is 2.91. The van der Waals surface area contributed by atoms with Crippen LogP contribution in [0.3, 0.4) is 0 Å². The number of hydrogen-bond donors (Lipinski definition) is 0. The average molecular weight is 392 g/mol.